The number of phenols is 2. The summed E-state index contributed by atoms with van der Waals surface area (Å²) < 4.78 is 77.8. The molecule has 4 aromatic rings. The number of nitrogens with zero attached hydrogens (tertiary/aromatic N) is 2. The Labute approximate surface area is 217 Å². The largest absolute Gasteiger partial charge is 0.507 e. The van der Waals surface area contributed by atoms with Gasteiger partial charge in [0.25, 0.3) is 0 Å². The molecular weight excluding hydrogens is 545 g/mol. The minimum atomic E-state index is -1.57. The van der Waals surface area contributed by atoms with Gasteiger partial charge in [0, 0.05) is 40.0 Å². The van der Waals surface area contributed by atoms with Gasteiger partial charge >= 0.3 is 0 Å². The van der Waals surface area contributed by atoms with E-state index in [1.54, 1.807) is 36.4 Å². The van der Waals surface area contributed by atoms with Crippen molar-refractivity contribution >= 4 is 23.8 Å². The minimum absolute atomic E-state index is 0. The minimum Gasteiger partial charge on any atom is -0.507 e. The molecule has 0 heterocycles. The summed E-state index contributed by atoms with van der Waals surface area (Å²) in [6.45, 7) is 0. The van der Waals surface area contributed by atoms with Gasteiger partial charge in [0.15, 0.2) is 34.9 Å². The van der Waals surface area contributed by atoms with Gasteiger partial charge in [-0.05, 0) is 48.5 Å². The average molecular weight is 561 g/mol. The number of phenolic OH excluding ortho intramolecular Hbond substituents is 2. The predicted octanol–water partition coefficient (Wildman–Crippen LogP) is 7.12. The van der Waals surface area contributed by atoms with Gasteiger partial charge in [0.05, 0.1) is 0 Å². The normalized spacial score (nSPS) is 10.8. The third kappa shape index (κ3) is 7.44. The number of hydrogen-bond acceptors (Lipinski definition) is 4. The average Bonchev–Trinajstić information content (AvgIpc) is 2.87. The molecule has 4 nitrogen and oxygen atoms in total. The molecule has 0 aromatic heterocycles. The van der Waals surface area contributed by atoms with Crippen molar-refractivity contribution < 1.29 is 53.0 Å². The first kappa shape index (κ1) is 29.1. The molecule has 4 rings (SSSR count). The predicted molar refractivity (Wildman–Crippen MR) is 123 cm³/mol. The third-order valence-electron chi connectivity index (χ3n) is 4.59. The molecule has 0 atom stereocenters. The van der Waals surface area contributed by atoms with Gasteiger partial charge in [-0.15, -0.1) is 0 Å². The Kier molecular flexibility index (Phi) is 10.4. The van der Waals surface area contributed by atoms with Crippen molar-refractivity contribution in [3.05, 3.63) is 119 Å². The van der Waals surface area contributed by atoms with E-state index in [1.165, 1.54) is 24.6 Å². The Hall–Kier alpha value is -4.11. The van der Waals surface area contributed by atoms with Crippen LogP contribution in [0.15, 0.2) is 82.8 Å². The second-order valence-electron chi connectivity index (χ2n) is 7.02. The molecule has 0 amide bonds. The zero-order valence-electron chi connectivity index (χ0n) is 18.5. The summed E-state index contributed by atoms with van der Waals surface area (Å²) in [6, 6.07) is 16.1. The summed E-state index contributed by atoms with van der Waals surface area (Å²) in [4.78, 5) is 7.34. The summed E-state index contributed by atoms with van der Waals surface area (Å²) in [7, 11) is 0. The number of rotatable bonds is 4. The maximum Gasteiger partial charge on any atom is 0.196 e. The zero-order valence-corrected chi connectivity index (χ0v) is 19.4. The molecule has 11 heteroatoms. The van der Waals surface area contributed by atoms with Crippen LogP contribution >= 0.6 is 0 Å². The summed E-state index contributed by atoms with van der Waals surface area (Å²) in [5.41, 5.74) is 0.0255. The second kappa shape index (κ2) is 13.3. The van der Waals surface area contributed by atoms with Crippen molar-refractivity contribution in [1.82, 2.24) is 0 Å². The number of aromatic hydroxyl groups is 2. The van der Waals surface area contributed by atoms with Crippen molar-refractivity contribution in [2.75, 3.05) is 0 Å². The van der Waals surface area contributed by atoms with Gasteiger partial charge in [-0.25, -0.2) is 26.3 Å². The van der Waals surface area contributed by atoms with E-state index in [1.807, 2.05) is 0 Å². The van der Waals surface area contributed by atoms with E-state index in [2.05, 4.69) is 9.98 Å². The second-order valence-corrected chi connectivity index (χ2v) is 7.02. The Balaban J connectivity index is 0.000000253. The topological polar surface area (TPSA) is 65.2 Å². The fraction of sp³-hybridized carbons (Fsp3) is 0. The molecule has 0 saturated carbocycles. The molecular formula is C26H16F6N2NiO2. The van der Waals surface area contributed by atoms with Crippen molar-refractivity contribution in [2.24, 2.45) is 9.98 Å². The molecule has 0 bridgehead atoms. The van der Waals surface area contributed by atoms with E-state index in [9.17, 15) is 36.6 Å². The standard InChI is InChI=1S/2C13H8F3NO.Ni/c2*14-9-5-6-10(13(16)12(9)15)17-7-8-3-1-2-4-11(8)18;/h2*1-7,18H;. The Morgan fingerprint density at radius 3 is 1.19 bits per heavy atom. The summed E-state index contributed by atoms with van der Waals surface area (Å²) >= 11 is 0. The van der Waals surface area contributed by atoms with Crippen LogP contribution in [0.1, 0.15) is 11.1 Å². The third-order valence-corrected chi connectivity index (χ3v) is 4.59. The molecule has 2 N–H and O–H groups in total. The maximum absolute atomic E-state index is 13.3. The van der Waals surface area contributed by atoms with Gasteiger partial charge in [-0.1, -0.05) is 24.3 Å². The molecule has 0 aliphatic carbocycles. The van der Waals surface area contributed by atoms with Gasteiger partial charge < -0.3 is 10.2 Å². The molecule has 0 radical (unpaired) electrons. The fourth-order valence-corrected chi connectivity index (χ4v) is 2.70. The first-order valence-electron chi connectivity index (χ1n) is 10.1. The molecule has 4 aromatic carbocycles. The van der Waals surface area contributed by atoms with E-state index in [0.29, 0.717) is 11.1 Å². The van der Waals surface area contributed by atoms with Crippen LogP contribution < -0.4 is 0 Å². The van der Waals surface area contributed by atoms with Crippen molar-refractivity contribution in [1.29, 1.82) is 0 Å². The van der Waals surface area contributed by atoms with Crippen LogP contribution in [-0.4, -0.2) is 22.6 Å². The molecule has 0 aliphatic heterocycles. The van der Waals surface area contributed by atoms with Gasteiger partial charge in [0.2, 0.25) is 0 Å². The first-order valence-corrected chi connectivity index (χ1v) is 10.1. The molecule has 0 aliphatic rings. The molecule has 0 spiro atoms. The van der Waals surface area contributed by atoms with Crippen LogP contribution in [-0.2, 0) is 16.5 Å². The van der Waals surface area contributed by atoms with Crippen LogP contribution in [0.2, 0.25) is 0 Å². The van der Waals surface area contributed by atoms with Crippen LogP contribution in [0.25, 0.3) is 0 Å². The molecule has 0 unspecified atom stereocenters. The number of aliphatic imine (C=N–C) groups is 2. The molecule has 0 fully saturated rings. The molecule has 0 saturated heterocycles. The Morgan fingerprint density at radius 1 is 0.486 bits per heavy atom. The van der Waals surface area contributed by atoms with E-state index in [4.69, 9.17) is 0 Å². The van der Waals surface area contributed by atoms with E-state index in [-0.39, 0.29) is 39.4 Å². The smallest absolute Gasteiger partial charge is 0.196 e. The Bertz CT molecular complexity index is 1340. The van der Waals surface area contributed by atoms with Crippen LogP contribution in [0.4, 0.5) is 37.7 Å². The van der Waals surface area contributed by atoms with E-state index in [0.717, 1.165) is 24.3 Å². The Morgan fingerprint density at radius 2 is 0.838 bits per heavy atom. The monoisotopic (exact) mass is 560 g/mol. The molecule has 194 valence electrons. The van der Waals surface area contributed by atoms with Crippen LogP contribution in [0.5, 0.6) is 11.5 Å². The number of benzene rings is 4. The summed E-state index contributed by atoms with van der Waals surface area (Å²) in [6.07, 6.45) is 2.34. The quantitative estimate of drug-likeness (QED) is 0.121. The van der Waals surface area contributed by atoms with Crippen molar-refractivity contribution in [3.8, 4) is 11.5 Å². The fourth-order valence-electron chi connectivity index (χ4n) is 2.70. The van der Waals surface area contributed by atoms with Crippen LogP contribution in [0, 0.1) is 34.9 Å². The number of hydrogen-bond donors (Lipinski definition) is 2. The van der Waals surface area contributed by atoms with Crippen LogP contribution in [0.3, 0.4) is 0 Å². The number of halogens is 6. The van der Waals surface area contributed by atoms with E-state index < -0.39 is 34.9 Å². The number of para-hydroxylation sites is 2. The van der Waals surface area contributed by atoms with Gasteiger partial charge in [0.1, 0.15) is 22.9 Å². The van der Waals surface area contributed by atoms with Gasteiger partial charge in [-0.2, -0.15) is 0 Å². The summed E-state index contributed by atoms with van der Waals surface area (Å²) in [5.74, 6) is -8.47. The zero-order chi connectivity index (χ0) is 26.2. The van der Waals surface area contributed by atoms with Crippen molar-refractivity contribution in [3.63, 3.8) is 0 Å². The van der Waals surface area contributed by atoms with Crippen molar-refractivity contribution in [2.45, 2.75) is 0 Å². The molecule has 37 heavy (non-hydrogen) atoms. The summed E-state index contributed by atoms with van der Waals surface area (Å²) in [5, 5.41) is 18.9. The first-order chi connectivity index (χ1) is 17.2. The van der Waals surface area contributed by atoms with Gasteiger partial charge in [-0.3, -0.25) is 9.98 Å². The maximum atomic E-state index is 13.3. The SMILES string of the molecule is Oc1ccccc1C=Nc1ccc(F)c(F)c1F.Oc1ccccc1C=Nc1ccc(F)c(F)c1F.[Ni]. The van der Waals surface area contributed by atoms with E-state index >= 15 is 0 Å².